The van der Waals surface area contributed by atoms with E-state index in [1.807, 2.05) is 18.2 Å². The standard InChI is InChI=1S/C21H20N2O4/c24-20(9-7-17-5-1-2-10-22-17)23-11-3-4-16(13-23)21(25)15-6-8-18-19(12-15)27-14-26-18/h1-2,5-10,12,16H,3-4,11,13-14H2. The van der Waals surface area contributed by atoms with Crippen molar-refractivity contribution in [2.24, 2.45) is 5.92 Å². The van der Waals surface area contributed by atoms with Crippen LogP contribution in [0, 0.1) is 5.92 Å². The molecular formula is C21H20N2O4. The molecule has 0 saturated carbocycles. The molecule has 1 saturated heterocycles. The monoisotopic (exact) mass is 364 g/mol. The first kappa shape index (κ1) is 17.3. The smallest absolute Gasteiger partial charge is 0.246 e. The van der Waals surface area contributed by atoms with Gasteiger partial charge in [0.2, 0.25) is 12.7 Å². The zero-order valence-corrected chi connectivity index (χ0v) is 14.8. The SMILES string of the molecule is O=C(c1ccc2c(c1)OCO2)C1CCCN(C(=O)C=Cc2ccccn2)C1. The van der Waals surface area contributed by atoms with Gasteiger partial charge >= 0.3 is 0 Å². The lowest BCUT2D eigenvalue weighted by molar-refractivity contribution is -0.127. The number of ether oxygens (including phenoxy) is 2. The Bertz CT molecular complexity index is 879. The molecule has 0 spiro atoms. The number of hydrogen-bond donors (Lipinski definition) is 0. The zero-order chi connectivity index (χ0) is 18.6. The van der Waals surface area contributed by atoms with Gasteiger partial charge < -0.3 is 14.4 Å². The molecule has 138 valence electrons. The summed E-state index contributed by atoms with van der Waals surface area (Å²) in [4.78, 5) is 31.3. The number of nitrogens with zero attached hydrogens (tertiary/aromatic N) is 2. The highest BCUT2D eigenvalue weighted by molar-refractivity contribution is 5.99. The molecule has 1 aromatic carbocycles. The van der Waals surface area contributed by atoms with E-state index in [9.17, 15) is 9.59 Å². The Balaban J connectivity index is 1.42. The molecule has 1 unspecified atom stereocenters. The van der Waals surface area contributed by atoms with Gasteiger partial charge in [-0.25, -0.2) is 0 Å². The topological polar surface area (TPSA) is 68.7 Å². The molecule has 4 rings (SSSR count). The number of likely N-dealkylation sites (tertiary alicyclic amines) is 1. The van der Waals surface area contributed by atoms with Crippen LogP contribution in [-0.4, -0.2) is 41.5 Å². The van der Waals surface area contributed by atoms with E-state index in [1.54, 1.807) is 35.4 Å². The number of amides is 1. The zero-order valence-electron chi connectivity index (χ0n) is 14.8. The number of fused-ring (bicyclic) bond motifs is 1. The van der Waals surface area contributed by atoms with Gasteiger partial charge in [-0.3, -0.25) is 14.6 Å². The van der Waals surface area contributed by atoms with Gasteiger partial charge in [-0.2, -0.15) is 0 Å². The van der Waals surface area contributed by atoms with Gasteiger partial charge in [-0.15, -0.1) is 0 Å². The molecule has 1 amide bonds. The second-order valence-corrected chi connectivity index (χ2v) is 6.64. The predicted octanol–water partition coefficient (Wildman–Crippen LogP) is 2.95. The summed E-state index contributed by atoms with van der Waals surface area (Å²) < 4.78 is 10.6. The van der Waals surface area contributed by atoms with E-state index in [0.717, 1.165) is 18.5 Å². The van der Waals surface area contributed by atoms with Crippen molar-refractivity contribution < 1.29 is 19.1 Å². The Kier molecular flexibility index (Phi) is 4.87. The van der Waals surface area contributed by atoms with Crippen LogP contribution < -0.4 is 9.47 Å². The third-order valence-corrected chi connectivity index (χ3v) is 4.85. The molecule has 1 fully saturated rings. The second kappa shape index (κ2) is 7.61. The summed E-state index contributed by atoms with van der Waals surface area (Å²) >= 11 is 0. The van der Waals surface area contributed by atoms with Crippen LogP contribution in [0.1, 0.15) is 28.9 Å². The lowest BCUT2D eigenvalue weighted by atomic mass is 9.90. The van der Waals surface area contributed by atoms with E-state index in [2.05, 4.69) is 4.98 Å². The minimum absolute atomic E-state index is 0.0412. The van der Waals surface area contributed by atoms with Crippen molar-refractivity contribution in [3.63, 3.8) is 0 Å². The number of aromatic nitrogens is 1. The molecule has 0 radical (unpaired) electrons. The van der Waals surface area contributed by atoms with Gasteiger partial charge in [0.05, 0.1) is 5.69 Å². The van der Waals surface area contributed by atoms with Crippen molar-refractivity contribution >= 4 is 17.8 Å². The van der Waals surface area contributed by atoms with Crippen molar-refractivity contribution in [1.29, 1.82) is 0 Å². The summed E-state index contributed by atoms with van der Waals surface area (Å²) in [5.74, 6) is 1.00. The first-order valence-corrected chi connectivity index (χ1v) is 9.02. The van der Waals surface area contributed by atoms with Gasteiger partial charge in [0.15, 0.2) is 17.3 Å². The number of hydrogen-bond acceptors (Lipinski definition) is 5. The molecule has 6 nitrogen and oxygen atoms in total. The fourth-order valence-corrected chi connectivity index (χ4v) is 3.41. The molecule has 1 aromatic heterocycles. The van der Waals surface area contributed by atoms with E-state index < -0.39 is 0 Å². The fraction of sp³-hybridized carbons (Fsp3) is 0.286. The molecular weight excluding hydrogens is 344 g/mol. The maximum atomic E-state index is 12.9. The molecule has 6 heteroatoms. The number of rotatable bonds is 4. The Hall–Kier alpha value is -3.15. The maximum Gasteiger partial charge on any atom is 0.246 e. The summed E-state index contributed by atoms with van der Waals surface area (Å²) in [6.45, 7) is 1.27. The Morgan fingerprint density at radius 3 is 2.89 bits per heavy atom. The highest BCUT2D eigenvalue weighted by Crippen LogP contribution is 2.33. The van der Waals surface area contributed by atoms with Crippen LogP contribution in [0.2, 0.25) is 0 Å². The van der Waals surface area contributed by atoms with Crippen LogP contribution in [-0.2, 0) is 4.79 Å². The fourth-order valence-electron chi connectivity index (χ4n) is 3.41. The molecule has 0 bridgehead atoms. The minimum atomic E-state index is -0.202. The summed E-state index contributed by atoms with van der Waals surface area (Å²) in [5, 5.41) is 0. The van der Waals surface area contributed by atoms with Crippen LogP contribution in [0.25, 0.3) is 6.08 Å². The predicted molar refractivity (Wildman–Crippen MR) is 99.5 cm³/mol. The third-order valence-electron chi connectivity index (χ3n) is 4.85. The molecule has 2 aromatic rings. The lowest BCUT2D eigenvalue weighted by Gasteiger charge is -2.31. The molecule has 3 heterocycles. The van der Waals surface area contributed by atoms with Gasteiger partial charge in [-0.1, -0.05) is 6.07 Å². The van der Waals surface area contributed by atoms with Crippen molar-refractivity contribution in [2.45, 2.75) is 12.8 Å². The van der Waals surface area contributed by atoms with Gasteiger partial charge in [0.1, 0.15) is 0 Å². The van der Waals surface area contributed by atoms with Crippen LogP contribution in [0.15, 0.2) is 48.7 Å². The minimum Gasteiger partial charge on any atom is -0.454 e. The molecule has 27 heavy (non-hydrogen) atoms. The van der Waals surface area contributed by atoms with Crippen molar-refractivity contribution in [3.05, 3.63) is 59.9 Å². The third kappa shape index (κ3) is 3.84. The highest BCUT2D eigenvalue weighted by Gasteiger charge is 2.29. The van der Waals surface area contributed by atoms with Crippen LogP contribution in [0.3, 0.4) is 0 Å². The van der Waals surface area contributed by atoms with Gasteiger partial charge in [-0.05, 0) is 49.2 Å². The lowest BCUT2D eigenvalue weighted by Crippen LogP contribution is -2.41. The van der Waals surface area contributed by atoms with Crippen LogP contribution in [0.5, 0.6) is 11.5 Å². The average molecular weight is 364 g/mol. The number of pyridine rings is 1. The largest absolute Gasteiger partial charge is 0.454 e. The van der Waals surface area contributed by atoms with Crippen molar-refractivity contribution in [1.82, 2.24) is 9.88 Å². The maximum absolute atomic E-state index is 12.9. The summed E-state index contributed by atoms with van der Waals surface area (Å²) in [6, 6.07) is 10.8. The van der Waals surface area contributed by atoms with Crippen molar-refractivity contribution in [2.75, 3.05) is 19.9 Å². The van der Waals surface area contributed by atoms with Crippen molar-refractivity contribution in [3.8, 4) is 11.5 Å². The number of benzene rings is 1. The van der Waals surface area contributed by atoms with E-state index in [1.165, 1.54) is 6.08 Å². The number of carbonyl (C=O) groups is 2. The van der Waals surface area contributed by atoms with Gasteiger partial charge in [0, 0.05) is 36.8 Å². The van der Waals surface area contributed by atoms with E-state index >= 15 is 0 Å². The first-order chi connectivity index (χ1) is 13.2. The Morgan fingerprint density at radius 1 is 1.15 bits per heavy atom. The number of Topliss-reactive ketones (excluding diaryl/α,β-unsaturated/α-hetero) is 1. The van der Waals surface area contributed by atoms with Crippen LogP contribution >= 0.6 is 0 Å². The average Bonchev–Trinajstić information content (AvgIpc) is 3.20. The normalized spacial score (nSPS) is 18.7. The van der Waals surface area contributed by atoms with Crippen LogP contribution in [0.4, 0.5) is 0 Å². The summed E-state index contributed by atoms with van der Waals surface area (Å²) in [6.07, 6.45) is 6.50. The number of ketones is 1. The molecule has 0 N–H and O–H groups in total. The second-order valence-electron chi connectivity index (χ2n) is 6.64. The summed E-state index contributed by atoms with van der Waals surface area (Å²) in [5.41, 5.74) is 1.33. The van der Waals surface area contributed by atoms with Gasteiger partial charge in [0.25, 0.3) is 0 Å². The number of piperidine rings is 1. The molecule has 0 aliphatic carbocycles. The molecule has 2 aliphatic heterocycles. The van der Waals surface area contributed by atoms with E-state index in [-0.39, 0.29) is 24.4 Å². The molecule has 1 atom stereocenters. The Morgan fingerprint density at radius 2 is 2.04 bits per heavy atom. The van der Waals surface area contributed by atoms with E-state index in [0.29, 0.717) is 30.2 Å². The van der Waals surface area contributed by atoms with E-state index in [4.69, 9.17) is 9.47 Å². The highest BCUT2D eigenvalue weighted by atomic mass is 16.7. The number of carbonyl (C=O) groups excluding carboxylic acids is 2. The molecule has 2 aliphatic rings. The quantitative estimate of drug-likeness (QED) is 0.616. The Labute approximate surface area is 157 Å². The first-order valence-electron chi connectivity index (χ1n) is 9.02. The summed E-state index contributed by atoms with van der Waals surface area (Å²) in [7, 11) is 0.